The number of non-ortho nitro benzene ring substituents is 4. The topological polar surface area (TPSA) is 244 Å². The lowest BCUT2D eigenvalue weighted by Crippen LogP contribution is -2.53. The molecule has 1 unspecified atom stereocenters. The van der Waals surface area contributed by atoms with Crippen LogP contribution in [0.15, 0.2) is 127 Å². The lowest BCUT2D eigenvalue weighted by atomic mass is 9.44. The van der Waals surface area contributed by atoms with E-state index in [1.165, 1.54) is 161 Å². The van der Waals surface area contributed by atoms with Crippen molar-refractivity contribution in [2.45, 2.75) is 151 Å². The summed E-state index contributed by atoms with van der Waals surface area (Å²) in [6, 6.07) is 28.9. The van der Waals surface area contributed by atoms with Crippen LogP contribution in [0.5, 0.6) is 11.5 Å². The Morgan fingerprint density at radius 3 is 1.42 bits per heavy atom. The van der Waals surface area contributed by atoms with Crippen molar-refractivity contribution >= 4 is 63.5 Å². The fourth-order valence-electron chi connectivity index (χ4n) is 16.2. The van der Waals surface area contributed by atoms with Crippen LogP contribution in [0, 0.1) is 98.6 Å². The van der Waals surface area contributed by atoms with E-state index in [0.717, 1.165) is 54.8 Å². The van der Waals surface area contributed by atoms with Crippen molar-refractivity contribution < 1.29 is 48.2 Å². The molecule has 6 aromatic carbocycles. The molecule has 0 bridgehead atoms. The highest BCUT2D eigenvalue weighted by atomic mass is 35.5. The second-order valence-electron chi connectivity index (χ2n) is 27.1. The standard InChI is InChI=1S/C73H80Cl2N4O14/c1-45(2)8-6-9-46(3)63-30-31-64-60-29-20-54-36-47(32-34-72(54,4)65(60)33-35-73(63,64)5)10-7-11-59(52-37-61(70(80)92-43-50-16-25-57(26-17-50)78(86)87)68(66(74)39-52)90-41-48-12-21-55(22-13-48)76(82)83)53-38-62(71(81)93-44-51-18-27-58(28-19-51)79(88)89)69(67(75)40-53)91-42-49-14-23-56(24-15-49)77(84)85/h11-19,21-28,37-40,45-47,54,60,63-65H,6-10,20,29-36,41-44H2,1-5H3/t46-,47+,54?,60+,63-,64+,65+,72+,73-/m1/s1. The largest absolute Gasteiger partial charge is 0.486 e. The van der Waals surface area contributed by atoms with Crippen LogP contribution in [0.3, 0.4) is 0 Å². The van der Waals surface area contributed by atoms with Gasteiger partial charge in [-0.25, -0.2) is 9.59 Å². The highest BCUT2D eigenvalue weighted by Crippen LogP contribution is 2.69. The number of esters is 2. The lowest BCUT2D eigenvalue weighted by molar-refractivity contribution is -0.385. The molecule has 4 saturated carbocycles. The van der Waals surface area contributed by atoms with Crippen LogP contribution >= 0.6 is 23.2 Å². The maximum absolute atomic E-state index is 14.6. The molecule has 0 spiro atoms. The summed E-state index contributed by atoms with van der Waals surface area (Å²) in [5.74, 6) is 3.76. The Balaban J connectivity index is 0.983. The molecule has 18 nitrogen and oxygen atoms in total. The molecule has 0 aliphatic heterocycles. The average Bonchev–Trinajstić information content (AvgIpc) is 1.69. The summed E-state index contributed by atoms with van der Waals surface area (Å²) in [6.07, 6.45) is 18.7. The Hall–Kier alpha value is -8.22. The summed E-state index contributed by atoms with van der Waals surface area (Å²) < 4.78 is 24.4. The van der Waals surface area contributed by atoms with E-state index in [1.807, 2.05) is 0 Å². The smallest absolute Gasteiger partial charge is 0.342 e. The fraction of sp³-hybridized carbons (Fsp3) is 0.452. The van der Waals surface area contributed by atoms with Gasteiger partial charge in [0.25, 0.3) is 22.7 Å². The van der Waals surface area contributed by atoms with Crippen molar-refractivity contribution in [3.05, 3.63) is 222 Å². The van der Waals surface area contributed by atoms with E-state index in [4.69, 9.17) is 42.1 Å². The number of fused-ring (bicyclic) bond motifs is 5. The highest BCUT2D eigenvalue weighted by molar-refractivity contribution is 6.33. The van der Waals surface area contributed by atoms with Crippen molar-refractivity contribution in [3.63, 3.8) is 0 Å². The van der Waals surface area contributed by atoms with Gasteiger partial charge in [-0.15, -0.1) is 0 Å². The first-order chi connectivity index (χ1) is 44.5. The summed E-state index contributed by atoms with van der Waals surface area (Å²) in [5, 5.41) is 45.9. The molecule has 0 heterocycles. The van der Waals surface area contributed by atoms with Crippen LogP contribution < -0.4 is 9.47 Å². The SMILES string of the molecule is CC(C)CCC[C@@H](C)[C@H]1CC[C@H]2[C@@H]3CCC4C[C@@H](CCC=C(c5cc(Cl)c(OCc6ccc([N+](=O)[O-])cc6)c(C(=O)OCc6ccc([N+](=O)[O-])cc6)c5)c5cc(Cl)c(OCc6ccc([N+](=O)[O-])cc6)c(C(=O)OCc6ccc([N+](=O)[O-])cc6)c5)CC[C@]4(C)[C@H]3CC[C@]12C. The molecule has 0 N–H and O–H groups in total. The number of nitro benzene ring substituents is 4. The van der Waals surface area contributed by atoms with Gasteiger partial charge in [0.1, 0.15) is 37.6 Å². The molecule has 0 radical (unpaired) electrons. The van der Waals surface area contributed by atoms with Crippen LogP contribution in [0.2, 0.25) is 10.0 Å². The van der Waals surface area contributed by atoms with Gasteiger partial charge in [-0.1, -0.05) is 83.2 Å². The van der Waals surface area contributed by atoms with Crippen LogP contribution in [-0.4, -0.2) is 31.6 Å². The van der Waals surface area contributed by atoms with Gasteiger partial charge in [0.15, 0.2) is 11.5 Å². The second kappa shape index (κ2) is 29.4. The fourth-order valence-corrected chi connectivity index (χ4v) is 16.8. The summed E-state index contributed by atoms with van der Waals surface area (Å²) in [6.45, 7) is 11.6. The zero-order valence-electron chi connectivity index (χ0n) is 53.2. The summed E-state index contributed by atoms with van der Waals surface area (Å²) in [4.78, 5) is 73.1. The van der Waals surface area contributed by atoms with Gasteiger partial charge in [0.2, 0.25) is 0 Å². The van der Waals surface area contributed by atoms with Gasteiger partial charge in [0, 0.05) is 48.5 Å². The predicted octanol–water partition coefficient (Wildman–Crippen LogP) is 19.4. The maximum Gasteiger partial charge on any atom is 0.342 e. The average molecular weight is 1310 g/mol. The first kappa shape index (κ1) is 67.7. The third kappa shape index (κ3) is 15.6. The number of hydrogen-bond acceptors (Lipinski definition) is 14. The Bertz CT molecular complexity index is 3580. The van der Waals surface area contributed by atoms with E-state index in [9.17, 15) is 50.0 Å². The molecule has 93 heavy (non-hydrogen) atoms. The van der Waals surface area contributed by atoms with Crippen molar-refractivity contribution in [3.8, 4) is 11.5 Å². The van der Waals surface area contributed by atoms with E-state index in [1.54, 1.807) is 24.3 Å². The third-order valence-electron chi connectivity index (χ3n) is 21.1. The molecule has 9 atom stereocenters. The van der Waals surface area contributed by atoms with Crippen LogP contribution in [0.1, 0.15) is 179 Å². The van der Waals surface area contributed by atoms with E-state index >= 15 is 0 Å². The van der Waals surface area contributed by atoms with Gasteiger partial charge in [-0.3, -0.25) is 40.5 Å². The number of carbonyl (C=O) groups excluding carboxylic acids is 2. The molecular weight excluding hydrogens is 1230 g/mol. The highest BCUT2D eigenvalue weighted by Gasteiger charge is 2.60. The maximum atomic E-state index is 14.6. The minimum Gasteiger partial charge on any atom is -0.486 e. The van der Waals surface area contributed by atoms with Crippen LogP contribution in [-0.2, 0) is 35.9 Å². The Kier molecular flexibility index (Phi) is 21.4. The Labute approximate surface area is 552 Å². The van der Waals surface area contributed by atoms with Crippen LogP contribution in [0.4, 0.5) is 22.7 Å². The normalized spacial score (nSPS) is 22.5. The molecule has 4 aliphatic carbocycles. The Morgan fingerprint density at radius 1 is 0.548 bits per heavy atom. The van der Waals surface area contributed by atoms with E-state index < -0.39 is 31.6 Å². The van der Waals surface area contributed by atoms with E-state index in [0.29, 0.717) is 62.6 Å². The number of carbonyl (C=O) groups is 2. The first-order valence-corrected chi connectivity index (χ1v) is 33.2. The zero-order valence-corrected chi connectivity index (χ0v) is 54.7. The number of ether oxygens (including phenoxy) is 4. The van der Waals surface area contributed by atoms with Crippen molar-refractivity contribution in [1.82, 2.24) is 0 Å². The molecule has 20 heteroatoms. The number of nitro groups is 4. The van der Waals surface area contributed by atoms with E-state index in [2.05, 4.69) is 40.7 Å². The summed E-state index contributed by atoms with van der Waals surface area (Å²) in [5.41, 5.74) is 3.25. The molecular formula is C73H80Cl2N4O14. The quantitative estimate of drug-likeness (QED) is 0.0279. The van der Waals surface area contributed by atoms with Gasteiger partial charge in [0.05, 0.1) is 29.7 Å². The lowest BCUT2D eigenvalue weighted by Gasteiger charge is -2.61. The molecule has 6 aromatic rings. The zero-order chi connectivity index (χ0) is 66.3. The monoisotopic (exact) mass is 1310 g/mol. The second-order valence-corrected chi connectivity index (χ2v) is 27.9. The number of rotatable bonds is 26. The van der Waals surface area contributed by atoms with Crippen LogP contribution in [0.25, 0.3) is 5.57 Å². The molecule has 0 saturated heterocycles. The third-order valence-corrected chi connectivity index (χ3v) is 21.7. The van der Waals surface area contributed by atoms with Gasteiger partial charge in [-0.05, 0) is 241 Å². The number of allylic oxidation sites excluding steroid dienone is 1. The van der Waals surface area contributed by atoms with Crippen molar-refractivity contribution in [2.75, 3.05) is 0 Å². The van der Waals surface area contributed by atoms with Gasteiger partial charge in [-0.2, -0.15) is 0 Å². The van der Waals surface area contributed by atoms with Crippen molar-refractivity contribution in [2.24, 2.45) is 58.2 Å². The Morgan fingerprint density at radius 2 is 0.978 bits per heavy atom. The first-order valence-electron chi connectivity index (χ1n) is 32.4. The minimum atomic E-state index is -0.860. The van der Waals surface area contributed by atoms with Gasteiger partial charge >= 0.3 is 11.9 Å². The predicted molar refractivity (Wildman–Crippen MR) is 355 cm³/mol. The summed E-state index contributed by atoms with van der Waals surface area (Å²) >= 11 is 14.5. The summed E-state index contributed by atoms with van der Waals surface area (Å²) in [7, 11) is 0. The van der Waals surface area contributed by atoms with Gasteiger partial charge < -0.3 is 18.9 Å². The number of halogens is 2. The molecule has 0 aromatic heterocycles. The molecule has 10 rings (SSSR count). The number of nitrogens with zero attached hydrogens (tertiary/aromatic N) is 4. The molecule has 0 amide bonds. The molecule has 490 valence electrons. The van der Waals surface area contributed by atoms with E-state index in [-0.39, 0.29) is 87.3 Å². The molecule has 4 aliphatic rings. The number of hydrogen-bond donors (Lipinski definition) is 0. The number of benzene rings is 6. The minimum absolute atomic E-state index is 0.00560. The molecule has 4 fully saturated rings. The van der Waals surface area contributed by atoms with Crippen molar-refractivity contribution in [1.29, 1.82) is 0 Å².